The number of hydrogen-bond donors (Lipinski definition) is 5. The first kappa shape index (κ1) is 30.3. The molecule has 2 aromatic rings. The number of aliphatic hydroxyl groups is 3. The van der Waals surface area contributed by atoms with Crippen LogP contribution in [-0.4, -0.2) is 86.4 Å². The van der Waals surface area contributed by atoms with Crippen LogP contribution in [0.5, 0.6) is 5.75 Å². The van der Waals surface area contributed by atoms with Gasteiger partial charge in [-0.15, -0.1) is 11.8 Å². The largest absolute Gasteiger partial charge is 0.508 e. The SMILES string of the molecule is CCC(=O)O[C@@H]1[C@@H]2C(=C(O)c3c(O)cccc3[C@H]2CSc2ccccc2)C(=O)[C@@]2(O)C(O)=C(C(N)=O)C(=O)[C@H](N(C)C)[C@@H]12. The quantitative estimate of drug-likeness (QED) is 0.176. The number of ether oxygens (including phenoxy) is 1. The lowest BCUT2D eigenvalue weighted by Gasteiger charge is -2.54. The van der Waals surface area contributed by atoms with Crippen LogP contribution in [0.15, 0.2) is 70.3 Å². The summed E-state index contributed by atoms with van der Waals surface area (Å²) in [5.74, 6) is -9.61. The third-order valence-corrected chi connectivity index (χ3v) is 9.63. The highest BCUT2D eigenvalue weighted by molar-refractivity contribution is 7.99. The van der Waals surface area contributed by atoms with Crippen molar-refractivity contribution in [2.24, 2.45) is 17.6 Å². The Morgan fingerprint density at radius 3 is 2.33 bits per heavy atom. The summed E-state index contributed by atoms with van der Waals surface area (Å²) in [7, 11) is 2.96. The maximum absolute atomic E-state index is 14.4. The van der Waals surface area contributed by atoms with E-state index in [1.807, 2.05) is 30.3 Å². The van der Waals surface area contributed by atoms with Crippen LogP contribution in [0.25, 0.3) is 5.76 Å². The molecule has 3 aliphatic carbocycles. The molecular formula is C31H32N2O9S. The molecule has 0 radical (unpaired) electrons. The van der Waals surface area contributed by atoms with Crippen LogP contribution in [-0.2, 0) is 23.9 Å². The molecule has 12 heteroatoms. The minimum absolute atomic E-state index is 0.0435. The van der Waals surface area contributed by atoms with E-state index in [-0.39, 0.29) is 23.5 Å². The summed E-state index contributed by atoms with van der Waals surface area (Å²) >= 11 is 1.42. The summed E-state index contributed by atoms with van der Waals surface area (Å²) in [6, 6.07) is 12.5. The second-order valence-electron chi connectivity index (χ2n) is 11.0. The second-order valence-corrected chi connectivity index (χ2v) is 12.1. The number of nitrogens with two attached hydrogens (primary N) is 1. The summed E-state index contributed by atoms with van der Waals surface area (Å²) in [5.41, 5.74) is 1.51. The molecule has 3 aliphatic rings. The Kier molecular flexibility index (Phi) is 7.88. The first-order valence-corrected chi connectivity index (χ1v) is 14.7. The highest BCUT2D eigenvalue weighted by Crippen LogP contribution is 2.57. The molecule has 1 fully saturated rings. The van der Waals surface area contributed by atoms with Crippen molar-refractivity contribution in [2.75, 3.05) is 19.8 Å². The Hall–Kier alpha value is -4.13. The number of thioether (sulfide) groups is 1. The van der Waals surface area contributed by atoms with Crippen molar-refractivity contribution in [2.45, 2.75) is 41.9 Å². The zero-order chi connectivity index (χ0) is 31.4. The molecule has 2 aromatic carbocycles. The van der Waals surface area contributed by atoms with Gasteiger partial charge in [-0.25, -0.2) is 0 Å². The number of nitrogens with zero attached hydrogens (tertiary/aromatic N) is 1. The summed E-state index contributed by atoms with van der Waals surface area (Å²) in [6.07, 6.45) is -1.54. The van der Waals surface area contributed by atoms with Gasteiger partial charge in [-0.3, -0.25) is 24.1 Å². The van der Waals surface area contributed by atoms with E-state index in [2.05, 4.69) is 0 Å². The van der Waals surface area contributed by atoms with Crippen molar-refractivity contribution in [3.63, 3.8) is 0 Å². The van der Waals surface area contributed by atoms with Crippen molar-refractivity contribution in [1.82, 2.24) is 4.90 Å². The van der Waals surface area contributed by atoms with Gasteiger partial charge in [-0.1, -0.05) is 37.3 Å². The number of likely N-dealkylation sites (N-methyl/N-ethyl adjacent to an activating group) is 1. The van der Waals surface area contributed by atoms with Gasteiger partial charge in [0, 0.05) is 34.5 Å². The summed E-state index contributed by atoms with van der Waals surface area (Å²) in [4.78, 5) is 55.6. The molecule has 6 N–H and O–H groups in total. The fourth-order valence-electron chi connectivity index (χ4n) is 6.65. The standard InChI is InChI=1S/C31H32N2O9S/c1-4-18(35)42-27-20-16(13-43-14-9-6-5-7-10-14)15-11-8-12-17(34)19(15)25(36)21(20)28(38)31(41)23(27)24(33(2)3)26(37)22(29(31)39)30(32)40/h5-12,16,20,23-24,27,34,36,39,41H,4,13H2,1-3H3,(H2,32,40)/t16-,20+,23+,24-,27-,31-/m1/s1. The molecule has 11 nitrogen and oxygen atoms in total. The number of primary amides is 1. The average molecular weight is 609 g/mol. The second kappa shape index (κ2) is 11.2. The van der Waals surface area contributed by atoms with E-state index in [0.717, 1.165) is 4.90 Å². The number of ketones is 2. The van der Waals surface area contributed by atoms with E-state index >= 15 is 0 Å². The number of aliphatic hydroxyl groups excluding tert-OH is 2. The van der Waals surface area contributed by atoms with Crippen LogP contribution in [0.1, 0.15) is 30.4 Å². The number of benzene rings is 2. The van der Waals surface area contributed by atoms with Gasteiger partial charge in [0.05, 0.1) is 17.5 Å². The van der Waals surface area contributed by atoms with Crippen molar-refractivity contribution >= 4 is 41.0 Å². The van der Waals surface area contributed by atoms with E-state index in [9.17, 15) is 39.6 Å². The molecule has 1 amide bonds. The Balaban J connectivity index is 1.82. The van der Waals surface area contributed by atoms with Gasteiger partial charge < -0.3 is 30.9 Å². The maximum atomic E-state index is 14.4. The third-order valence-electron chi connectivity index (χ3n) is 8.50. The monoisotopic (exact) mass is 608 g/mol. The number of carbonyl (C=O) groups excluding carboxylic acids is 4. The van der Waals surface area contributed by atoms with Crippen LogP contribution in [0, 0.1) is 11.8 Å². The average Bonchev–Trinajstić information content (AvgIpc) is 2.96. The predicted octanol–water partition coefficient (Wildman–Crippen LogP) is 2.23. The van der Waals surface area contributed by atoms with Crippen molar-refractivity contribution < 1.29 is 44.3 Å². The molecule has 1 saturated carbocycles. The molecular weight excluding hydrogens is 576 g/mol. The number of esters is 1. The summed E-state index contributed by atoms with van der Waals surface area (Å²) in [5, 5.41) is 45.8. The smallest absolute Gasteiger partial charge is 0.305 e. The Morgan fingerprint density at radius 2 is 1.72 bits per heavy atom. The lowest BCUT2D eigenvalue weighted by atomic mass is 9.54. The van der Waals surface area contributed by atoms with Crippen molar-refractivity contribution in [1.29, 1.82) is 0 Å². The molecule has 0 bridgehead atoms. The Morgan fingerprint density at radius 1 is 1.05 bits per heavy atom. The van der Waals surface area contributed by atoms with Gasteiger partial charge in [0.1, 0.15) is 28.9 Å². The van der Waals surface area contributed by atoms with Crippen LogP contribution < -0.4 is 5.73 Å². The highest BCUT2D eigenvalue weighted by atomic mass is 32.2. The minimum Gasteiger partial charge on any atom is -0.508 e. The molecule has 0 spiro atoms. The van der Waals surface area contributed by atoms with E-state index in [4.69, 9.17) is 10.5 Å². The first-order chi connectivity index (χ1) is 20.4. The topological polar surface area (TPSA) is 188 Å². The van der Waals surface area contributed by atoms with Gasteiger partial charge >= 0.3 is 5.97 Å². The number of hydrogen-bond acceptors (Lipinski definition) is 11. The summed E-state index contributed by atoms with van der Waals surface area (Å²) < 4.78 is 5.94. The molecule has 43 heavy (non-hydrogen) atoms. The van der Waals surface area contributed by atoms with Crippen LogP contribution in [0.2, 0.25) is 0 Å². The van der Waals surface area contributed by atoms with E-state index < -0.39 is 81.6 Å². The number of fused-ring (bicyclic) bond motifs is 3. The van der Waals surface area contributed by atoms with Crippen LogP contribution in [0.3, 0.4) is 0 Å². The van der Waals surface area contributed by atoms with Crippen molar-refractivity contribution in [3.05, 3.63) is 76.6 Å². The molecule has 0 aliphatic heterocycles. The Labute approximate surface area is 251 Å². The molecule has 0 saturated heterocycles. The number of phenols is 1. The maximum Gasteiger partial charge on any atom is 0.305 e. The van der Waals surface area contributed by atoms with Gasteiger partial charge in [-0.05, 0) is 37.9 Å². The van der Waals surface area contributed by atoms with Gasteiger partial charge in [0.15, 0.2) is 11.4 Å². The first-order valence-electron chi connectivity index (χ1n) is 13.7. The number of aromatic hydroxyl groups is 1. The fourth-order valence-corrected chi connectivity index (χ4v) is 7.75. The molecule has 0 heterocycles. The van der Waals surface area contributed by atoms with Gasteiger partial charge in [0.2, 0.25) is 5.78 Å². The zero-order valence-corrected chi connectivity index (χ0v) is 24.5. The normalized spacial score (nSPS) is 28.3. The number of rotatable bonds is 7. The molecule has 0 aromatic heterocycles. The molecule has 226 valence electrons. The molecule has 5 rings (SSSR count). The number of carbonyl (C=O) groups is 4. The third kappa shape index (κ3) is 4.60. The van der Waals surface area contributed by atoms with Gasteiger partial charge in [-0.2, -0.15) is 0 Å². The minimum atomic E-state index is -2.98. The summed E-state index contributed by atoms with van der Waals surface area (Å²) in [6.45, 7) is 1.55. The number of amides is 1. The molecule has 0 unspecified atom stereocenters. The highest BCUT2D eigenvalue weighted by Gasteiger charge is 2.69. The lowest BCUT2D eigenvalue weighted by Crippen LogP contribution is -2.71. The van der Waals surface area contributed by atoms with Crippen LogP contribution >= 0.6 is 11.8 Å². The van der Waals surface area contributed by atoms with Crippen molar-refractivity contribution in [3.8, 4) is 5.75 Å². The molecule has 6 atom stereocenters. The fraction of sp³-hybridized carbons (Fsp3) is 0.355. The van der Waals surface area contributed by atoms with Gasteiger partial charge in [0.25, 0.3) is 5.91 Å². The number of phenolic OH excluding ortho intramolecular Hbond substituents is 1. The Bertz CT molecular complexity index is 1580. The van der Waals surface area contributed by atoms with E-state index in [0.29, 0.717) is 5.56 Å². The van der Waals surface area contributed by atoms with E-state index in [1.54, 1.807) is 19.1 Å². The van der Waals surface area contributed by atoms with Crippen LogP contribution in [0.4, 0.5) is 0 Å². The number of Topliss-reactive ketones (excluding diaryl/α,β-unsaturated/α-hetero) is 2. The van der Waals surface area contributed by atoms with E-state index in [1.165, 1.54) is 36.8 Å². The zero-order valence-electron chi connectivity index (χ0n) is 23.7. The predicted molar refractivity (Wildman–Crippen MR) is 156 cm³/mol. The lowest BCUT2D eigenvalue weighted by molar-refractivity contribution is -0.185.